The number of hydrogen-bond acceptors (Lipinski definition) is 5. The Labute approximate surface area is 185 Å². The summed E-state index contributed by atoms with van der Waals surface area (Å²) in [6.07, 6.45) is 5.50. The Balaban J connectivity index is 1.32. The summed E-state index contributed by atoms with van der Waals surface area (Å²) in [7, 11) is 0. The number of aromatic nitrogens is 1. The SMILES string of the molecule is CC(C(=O)N1CCC(C(=O)Nc2ccc(Cl)cn2)CC1)N1C(=O)NC2(CCCC2)C1=O. The number of amides is 5. The van der Waals surface area contributed by atoms with Crippen molar-refractivity contribution in [1.29, 1.82) is 0 Å². The molecule has 1 aromatic heterocycles. The molecule has 1 aliphatic carbocycles. The fourth-order valence-corrected chi connectivity index (χ4v) is 4.84. The van der Waals surface area contributed by atoms with Gasteiger partial charge in [-0.2, -0.15) is 0 Å². The number of anilines is 1. The minimum Gasteiger partial charge on any atom is -0.341 e. The molecular weight excluding hydrogens is 422 g/mol. The highest BCUT2D eigenvalue weighted by Crippen LogP contribution is 2.36. The molecule has 0 aromatic carbocycles. The Morgan fingerprint density at radius 2 is 1.90 bits per heavy atom. The average Bonchev–Trinajstić information content (AvgIpc) is 3.33. The monoisotopic (exact) mass is 447 g/mol. The number of urea groups is 1. The van der Waals surface area contributed by atoms with Gasteiger partial charge in [0, 0.05) is 25.2 Å². The molecule has 166 valence electrons. The normalized spacial score (nSPS) is 22.0. The number of nitrogens with zero attached hydrogens (tertiary/aromatic N) is 3. The Bertz CT molecular complexity index is 892. The lowest BCUT2D eigenvalue weighted by Crippen LogP contribution is -2.53. The van der Waals surface area contributed by atoms with E-state index in [1.165, 1.54) is 6.20 Å². The molecular formula is C21H26ClN5O4. The maximum absolute atomic E-state index is 13.0. The van der Waals surface area contributed by atoms with Crippen LogP contribution in [0.15, 0.2) is 18.3 Å². The summed E-state index contributed by atoms with van der Waals surface area (Å²) in [6, 6.07) is 1.93. The zero-order valence-electron chi connectivity index (χ0n) is 17.4. The Kier molecular flexibility index (Phi) is 5.88. The summed E-state index contributed by atoms with van der Waals surface area (Å²) in [6.45, 7) is 2.38. The molecule has 9 nitrogen and oxygen atoms in total. The van der Waals surface area contributed by atoms with E-state index in [9.17, 15) is 19.2 Å². The van der Waals surface area contributed by atoms with Crippen molar-refractivity contribution in [3.63, 3.8) is 0 Å². The number of hydrogen-bond donors (Lipinski definition) is 2. The lowest BCUT2D eigenvalue weighted by molar-refractivity contribution is -0.144. The van der Waals surface area contributed by atoms with E-state index in [-0.39, 0.29) is 23.6 Å². The number of carbonyl (C=O) groups is 4. The smallest absolute Gasteiger partial charge is 0.325 e. The van der Waals surface area contributed by atoms with Gasteiger partial charge in [0.15, 0.2) is 0 Å². The number of imide groups is 1. The topological polar surface area (TPSA) is 112 Å². The summed E-state index contributed by atoms with van der Waals surface area (Å²) in [5, 5.41) is 6.08. The highest BCUT2D eigenvalue weighted by Gasteiger charge is 2.54. The molecule has 1 saturated carbocycles. The van der Waals surface area contributed by atoms with Crippen LogP contribution in [-0.4, -0.2) is 63.2 Å². The number of piperidine rings is 1. The minimum absolute atomic E-state index is 0.146. The Morgan fingerprint density at radius 3 is 2.52 bits per heavy atom. The third kappa shape index (κ3) is 4.11. The lowest BCUT2D eigenvalue weighted by atomic mass is 9.95. The van der Waals surface area contributed by atoms with Crippen LogP contribution in [0.1, 0.15) is 45.4 Å². The zero-order chi connectivity index (χ0) is 22.2. The maximum atomic E-state index is 13.0. The summed E-state index contributed by atoms with van der Waals surface area (Å²) in [5.41, 5.74) is -0.827. The van der Waals surface area contributed by atoms with E-state index in [4.69, 9.17) is 11.6 Å². The summed E-state index contributed by atoms with van der Waals surface area (Å²) in [5.74, 6) is -0.513. The molecule has 1 atom stereocenters. The fraction of sp³-hybridized carbons (Fsp3) is 0.571. The minimum atomic E-state index is -0.865. The molecule has 31 heavy (non-hydrogen) atoms. The van der Waals surface area contributed by atoms with Crippen molar-refractivity contribution in [1.82, 2.24) is 20.1 Å². The number of carbonyl (C=O) groups excluding carboxylic acids is 4. The molecule has 10 heteroatoms. The number of pyridine rings is 1. The van der Waals surface area contributed by atoms with Crippen LogP contribution in [0.5, 0.6) is 0 Å². The van der Waals surface area contributed by atoms with Crippen LogP contribution in [-0.2, 0) is 14.4 Å². The van der Waals surface area contributed by atoms with Crippen molar-refractivity contribution < 1.29 is 19.2 Å². The molecule has 2 N–H and O–H groups in total. The third-order valence-electron chi connectivity index (χ3n) is 6.55. The largest absolute Gasteiger partial charge is 0.341 e. The molecule has 2 aliphatic heterocycles. The number of likely N-dealkylation sites (tertiary alicyclic amines) is 1. The first-order valence-corrected chi connectivity index (χ1v) is 11.1. The molecule has 1 spiro atoms. The van der Waals surface area contributed by atoms with Crippen molar-refractivity contribution in [2.45, 2.75) is 57.0 Å². The van der Waals surface area contributed by atoms with Crippen LogP contribution in [0.2, 0.25) is 5.02 Å². The zero-order valence-corrected chi connectivity index (χ0v) is 18.2. The molecule has 1 aromatic rings. The van der Waals surface area contributed by atoms with Crippen LogP contribution >= 0.6 is 11.6 Å². The van der Waals surface area contributed by atoms with E-state index in [0.29, 0.717) is 49.6 Å². The van der Waals surface area contributed by atoms with Gasteiger partial charge in [0.1, 0.15) is 17.4 Å². The van der Waals surface area contributed by atoms with Crippen LogP contribution in [0.3, 0.4) is 0 Å². The highest BCUT2D eigenvalue weighted by molar-refractivity contribution is 6.30. The van der Waals surface area contributed by atoms with Gasteiger partial charge in [-0.15, -0.1) is 0 Å². The van der Waals surface area contributed by atoms with E-state index in [1.807, 2.05) is 0 Å². The first-order chi connectivity index (χ1) is 14.8. The molecule has 3 heterocycles. The molecule has 5 amide bonds. The summed E-state index contributed by atoms with van der Waals surface area (Å²) >= 11 is 5.81. The second-order valence-electron chi connectivity index (χ2n) is 8.52. The fourth-order valence-electron chi connectivity index (χ4n) is 4.73. The van der Waals surface area contributed by atoms with Crippen LogP contribution < -0.4 is 10.6 Å². The van der Waals surface area contributed by atoms with Crippen LogP contribution in [0, 0.1) is 5.92 Å². The molecule has 1 unspecified atom stereocenters. The first-order valence-electron chi connectivity index (χ1n) is 10.7. The molecule has 3 fully saturated rings. The second-order valence-corrected chi connectivity index (χ2v) is 8.96. The number of halogens is 1. The van der Waals surface area contributed by atoms with Gasteiger partial charge < -0.3 is 15.5 Å². The second kappa shape index (κ2) is 8.45. The lowest BCUT2D eigenvalue weighted by Gasteiger charge is -2.34. The average molecular weight is 448 g/mol. The summed E-state index contributed by atoms with van der Waals surface area (Å²) < 4.78 is 0. The van der Waals surface area contributed by atoms with Gasteiger partial charge in [-0.3, -0.25) is 14.4 Å². The van der Waals surface area contributed by atoms with Crippen LogP contribution in [0.4, 0.5) is 10.6 Å². The quantitative estimate of drug-likeness (QED) is 0.687. The standard InChI is InChI=1S/C21H26ClN5O4/c1-13(27-19(30)21(25-20(27)31)8-2-3-9-21)18(29)26-10-6-14(7-11-26)17(28)24-16-5-4-15(22)12-23-16/h4-5,12-14H,2-3,6-11H2,1H3,(H,25,31)(H,23,24,28). The predicted molar refractivity (Wildman–Crippen MR) is 113 cm³/mol. The maximum Gasteiger partial charge on any atom is 0.325 e. The van der Waals surface area contributed by atoms with Gasteiger partial charge in [0.05, 0.1) is 5.02 Å². The van der Waals surface area contributed by atoms with E-state index in [1.54, 1.807) is 24.0 Å². The van der Waals surface area contributed by atoms with Crippen molar-refractivity contribution in [3.8, 4) is 0 Å². The molecule has 0 radical (unpaired) electrons. The van der Waals surface area contributed by atoms with Gasteiger partial charge >= 0.3 is 6.03 Å². The molecule has 2 saturated heterocycles. The van der Waals surface area contributed by atoms with E-state index in [2.05, 4.69) is 15.6 Å². The van der Waals surface area contributed by atoms with Gasteiger partial charge in [0.25, 0.3) is 5.91 Å². The Hall–Kier alpha value is -2.68. The highest BCUT2D eigenvalue weighted by atomic mass is 35.5. The predicted octanol–water partition coefficient (Wildman–Crippen LogP) is 2.17. The van der Waals surface area contributed by atoms with Crippen molar-refractivity contribution in [2.75, 3.05) is 18.4 Å². The van der Waals surface area contributed by atoms with Gasteiger partial charge in [-0.25, -0.2) is 14.7 Å². The number of nitrogens with one attached hydrogen (secondary N) is 2. The van der Waals surface area contributed by atoms with E-state index >= 15 is 0 Å². The van der Waals surface area contributed by atoms with Gasteiger partial charge in [0.2, 0.25) is 11.8 Å². The number of rotatable bonds is 4. The van der Waals surface area contributed by atoms with Crippen molar-refractivity contribution >= 4 is 41.2 Å². The Morgan fingerprint density at radius 1 is 1.23 bits per heavy atom. The first kappa shape index (κ1) is 21.5. The van der Waals surface area contributed by atoms with E-state index in [0.717, 1.165) is 17.7 Å². The van der Waals surface area contributed by atoms with Crippen molar-refractivity contribution in [2.24, 2.45) is 5.92 Å². The summed E-state index contributed by atoms with van der Waals surface area (Å²) in [4.78, 5) is 57.7. The molecule has 0 bridgehead atoms. The van der Waals surface area contributed by atoms with Gasteiger partial charge in [-0.1, -0.05) is 24.4 Å². The van der Waals surface area contributed by atoms with Crippen molar-refractivity contribution in [3.05, 3.63) is 23.4 Å². The molecule has 3 aliphatic rings. The third-order valence-corrected chi connectivity index (χ3v) is 6.77. The van der Waals surface area contributed by atoms with E-state index < -0.39 is 17.6 Å². The molecule has 4 rings (SSSR count). The van der Waals surface area contributed by atoms with Crippen LogP contribution in [0.25, 0.3) is 0 Å². The van der Waals surface area contributed by atoms with Gasteiger partial charge in [-0.05, 0) is 44.7 Å².